The molecular formula is C21H17NO5S. The molecule has 142 valence electrons. The van der Waals surface area contributed by atoms with Crippen molar-refractivity contribution >= 4 is 34.5 Å². The predicted octanol–water partition coefficient (Wildman–Crippen LogP) is 4.61. The molecule has 0 fully saturated rings. The van der Waals surface area contributed by atoms with Gasteiger partial charge in [-0.05, 0) is 42.8 Å². The van der Waals surface area contributed by atoms with Crippen molar-refractivity contribution in [3.05, 3.63) is 70.3 Å². The van der Waals surface area contributed by atoms with Gasteiger partial charge in [0.15, 0.2) is 11.5 Å². The van der Waals surface area contributed by atoms with E-state index in [-0.39, 0.29) is 24.7 Å². The van der Waals surface area contributed by atoms with Crippen LogP contribution in [0.5, 0.6) is 11.5 Å². The molecule has 0 radical (unpaired) electrons. The molecule has 2 heterocycles. The van der Waals surface area contributed by atoms with E-state index in [0.717, 1.165) is 5.56 Å². The number of rotatable bonds is 4. The Labute approximate surface area is 166 Å². The molecule has 7 heteroatoms. The Balaban J connectivity index is 1.72. The Morgan fingerprint density at radius 1 is 1.21 bits per heavy atom. The fourth-order valence-corrected chi connectivity index (χ4v) is 3.80. The number of aliphatic hydroxyl groups is 1. The minimum atomic E-state index is -0.601. The van der Waals surface area contributed by atoms with Crippen LogP contribution in [0.4, 0.5) is 5.69 Å². The van der Waals surface area contributed by atoms with Gasteiger partial charge in [-0.3, -0.25) is 0 Å². The van der Waals surface area contributed by atoms with Crippen LogP contribution in [0.15, 0.2) is 69.8 Å². The highest BCUT2D eigenvalue weighted by molar-refractivity contribution is 8.18. The standard InChI is InChI=1S/C21H17NO5S/c1-2-25-21(24)18-19(23)17(28-20(18)22-14-6-4-3-5-7-14)11-13-8-9-15-16(10-13)27-12-26-15/h3-11,23H,2,12H2,1H3. The van der Waals surface area contributed by atoms with E-state index in [0.29, 0.717) is 27.1 Å². The Hall–Kier alpha value is -3.19. The lowest BCUT2D eigenvalue weighted by Crippen LogP contribution is -2.12. The number of hydrogen-bond donors (Lipinski definition) is 1. The second-order valence-corrected chi connectivity index (χ2v) is 6.95. The normalized spacial score (nSPS) is 18.2. The summed E-state index contributed by atoms with van der Waals surface area (Å²) in [6.07, 6.45) is 1.77. The van der Waals surface area contributed by atoms with E-state index in [1.165, 1.54) is 11.8 Å². The third-order valence-electron chi connectivity index (χ3n) is 4.05. The number of para-hydroxylation sites is 1. The molecule has 2 aliphatic rings. The maximum absolute atomic E-state index is 12.4. The van der Waals surface area contributed by atoms with Crippen molar-refractivity contribution in [2.75, 3.05) is 13.4 Å². The first-order chi connectivity index (χ1) is 13.7. The first-order valence-corrected chi connectivity index (χ1v) is 9.51. The van der Waals surface area contributed by atoms with Crippen molar-refractivity contribution in [3.63, 3.8) is 0 Å². The number of hydrogen-bond acceptors (Lipinski definition) is 7. The molecule has 0 amide bonds. The van der Waals surface area contributed by atoms with Gasteiger partial charge < -0.3 is 19.3 Å². The van der Waals surface area contributed by atoms with Gasteiger partial charge in [0.2, 0.25) is 6.79 Å². The molecule has 0 spiro atoms. The summed E-state index contributed by atoms with van der Waals surface area (Å²) in [5, 5.41) is 11.1. The zero-order valence-corrected chi connectivity index (χ0v) is 15.9. The van der Waals surface area contributed by atoms with Crippen LogP contribution >= 0.6 is 11.8 Å². The molecule has 1 N–H and O–H groups in total. The number of fused-ring (bicyclic) bond motifs is 1. The summed E-state index contributed by atoms with van der Waals surface area (Å²) in [6.45, 7) is 2.12. The number of aliphatic imine (C=N–C) groups is 1. The van der Waals surface area contributed by atoms with Gasteiger partial charge in [-0.25, -0.2) is 9.79 Å². The van der Waals surface area contributed by atoms with Gasteiger partial charge in [0.1, 0.15) is 16.4 Å². The van der Waals surface area contributed by atoms with Crippen molar-refractivity contribution in [1.82, 2.24) is 0 Å². The number of carbonyl (C=O) groups is 1. The van der Waals surface area contributed by atoms with Gasteiger partial charge in [0, 0.05) is 0 Å². The van der Waals surface area contributed by atoms with Crippen LogP contribution < -0.4 is 9.47 Å². The smallest absolute Gasteiger partial charge is 0.344 e. The highest BCUT2D eigenvalue weighted by Crippen LogP contribution is 2.41. The zero-order chi connectivity index (χ0) is 19.5. The Morgan fingerprint density at radius 2 is 2.00 bits per heavy atom. The molecule has 0 unspecified atom stereocenters. The summed E-state index contributed by atoms with van der Waals surface area (Å²) in [7, 11) is 0. The van der Waals surface area contributed by atoms with Crippen LogP contribution in [0.25, 0.3) is 6.08 Å². The van der Waals surface area contributed by atoms with Crippen molar-refractivity contribution in [2.24, 2.45) is 4.99 Å². The second kappa shape index (κ2) is 7.82. The minimum absolute atomic E-state index is 0.0719. The van der Waals surface area contributed by atoms with Crippen molar-refractivity contribution < 1.29 is 24.1 Å². The van der Waals surface area contributed by atoms with Crippen molar-refractivity contribution in [1.29, 1.82) is 0 Å². The van der Waals surface area contributed by atoms with E-state index < -0.39 is 5.97 Å². The topological polar surface area (TPSA) is 77.4 Å². The number of thioether (sulfide) groups is 1. The largest absolute Gasteiger partial charge is 0.506 e. The summed E-state index contributed by atoms with van der Waals surface area (Å²) < 4.78 is 15.8. The molecule has 0 saturated carbocycles. The van der Waals surface area contributed by atoms with Gasteiger partial charge in [0.05, 0.1) is 17.2 Å². The second-order valence-electron chi connectivity index (χ2n) is 5.92. The van der Waals surface area contributed by atoms with Crippen LogP contribution in [0.1, 0.15) is 12.5 Å². The molecule has 2 aromatic carbocycles. The molecular weight excluding hydrogens is 378 g/mol. The van der Waals surface area contributed by atoms with Gasteiger partial charge in [-0.2, -0.15) is 0 Å². The van der Waals surface area contributed by atoms with Crippen LogP contribution in [-0.4, -0.2) is 29.5 Å². The van der Waals surface area contributed by atoms with Gasteiger partial charge >= 0.3 is 5.97 Å². The molecule has 28 heavy (non-hydrogen) atoms. The first kappa shape index (κ1) is 18.2. The molecule has 0 aromatic heterocycles. The number of ether oxygens (including phenoxy) is 3. The number of nitrogens with zero attached hydrogens (tertiary/aromatic N) is 1. The molecule has 0 saturated heterocycles. The van der Waals surface area contributed by atoms with E-state index in [2.05, 4.69) is 4.99 Å². The number of aliphatic hydroxyl groups excluding tert-OH is 1. The number of carbonyl (C=O) groups excluding carboxylic acids is 1. The molecule has 2 aliphatic heterocycles. The average molecular weight is 395 g/mol. The van der Waals surface area contributed by atoms with E-state index in [1.807, 2.05) is 42.5 Å². The molecule has 2 aromatic rings. The summed E-state index contributed by atoms with van der Waals surface area (Å²) in [5.74, 6) is 0.580. The molecule has 4 rings (SSSR count). The van der Waals surface area contributed by atoms with E-state index in [9.17, 15) is 9.90 Å². The fraction of sp³-hybridized carbons (Fsp3) is 0.143. The van der Waals surface area contributed by atoms with Crippen LogP contribution in [0, 0.1) is 0 Å². The van der Waals surface area contributed by atoms with E-state index >= 15 is 0 Å². The highest BCUT2D eigenvalue weighted by atomic mass is 32.2. The third-order valence-corrected chi connectivity index (χ3v) is 5.07. The maximum atomic E-state index is 12.4. The molecule has 0 bridgehead atoms. The van der Waals surface area contributed by atoms with Crippen LogP contribution in [0.2, 0.25) is 0 Å². The lowest BCUT2D eigenvalue weighted by molar-refractivity contribution is -0.138. The number of benzene rings is 2. The van der Waals surface area contributed by atoms with Gasteiger partial charge in [-0.1, -0.05) is 36.0 Å². The lowest BCUT2D eigenvalue weighted by Gasteiger charge is -2.03. The summed E-state index contributed by atoms with van der Waals surface area (Å²) in [6, 6.07) is 14.7. The average Bonchev–Trinajstić information content (AvgIpc) is 3.27. The van der Waals surface area contributed by atoms with E-state index in [1.54, 1.807) is 19.1 Å². The Bertz CT molecular complexity index is 1010. The van der Waals surface area contributed by atoms with E-state index in [4.69, 9.17) is 14.2 Å². The predicted molar refractivity (Wildman–Crippen MR) is 108 cm³/mol. The first-order valence-electron chi connectivity index (χ1n) is 8.69. The van der Waals surface area contributed by atoms with Crippen LogP contribution in [0.3, 0.4) is 0 Å². The number of esters is 1. The van der Waals surface area contributed by atoms with Crippen molar-refractivity contribution in [2.45, 2.75) is 6.92 Å². The summed E-state index contributed by atoms with van der Waals surface area (Å²) >= 11 is 1.22. The minimum Gasteiger partial charge on any atom is -0.506 e. The molecule has 6 nitrogen and oxygen atoms in total. The van der Waals surface area contributed by atoms with Gasteiger partial charge in [-0.15, -0.1) is 0 Å². The Kier molecular flexibility index (Phi) is 5.08. The Morgan fingerprint density at radius 3 is 2.79 bits per heavy atom. The third kappa shape index (κ3) is 3.61. The van der Waals surface area contributed by atoms with Crippen molar-refractivity contribution in [3.8, 4) is 11.5 Å². The van der Waals surface area contributed by atoms with Gasteiger partial charge in [0.25, 0.3) is 0 Å². The molecule has 0 aliphatic carbocycles. The monoisotopic (exact) mass is 395 g/mol. The zero-order valence-electron chi connectivity index (χ0n) is 15.0. The maximum Gasteiger partial charge on any atom is 0.344 e. The summed E-state index contributed by atoms with van der Waals surface area (Å²) in [5.41, 5.74) is 1.56. The molecule has 0 atom stereocenters. The highest BCUT2D eigenvalue weighted by Gasteiger charge is 2.33. The fourth-order valence-electron chi connectivity index (χ4n) is 2.77. The quantitative estimate of drug-likeness (QED) is 0.762. The summed E-state index contributed by atoms with van der Waals surface area (Å²) in [4.78, 5) is 17.4. The lowest BCUT2D eigenvalue weighted by atomic mass is 10.1. The SMILES string of the molecule is CCOC(=O)C1=C(O)C(=Cc2ccc3c(c2)OCO3)SC1=Nc1ccccc1. The van der Waals surface area contributed by atoms with Crippen LogP contribution in [-0.2, 0) is 9.53 Å².